The van der Waals surface area contributed by atoms with Gasteiger partial charge in [0.15, 0.2) is 0 Å². The van der Waals surface area contributed by atoms with E-state index in [1.54, 1.807) is 0 Å². The molecular weight excluding hydrogens is 188 g/mol. The summed E-state index contributed by atoms with van der Waals surface area (Å²) in [5.41, 5.74) is 4.78. The molecule has 0 amide bonds. The van der Waals surface area contributed by atoms with Crippen LogP contribution in [-0.4, -0.2) is 41.8 Å². The topological polar surface area (TPSA) is 49.5 Å². The largest absolute Gasteiger partial charge is 0.389 e. The van der Waals surface area contributed by atoms with Crippen LogP contribution in [0.15, 0.2) is 0 Å². The predicted octanol–water partition coefficient (Wildman–Crippen LogP) is 1.60. The monoisotopic (exact) mass is 216 g/mol. The van der Waals surface area contributed by atoms with E-state index in [4.69, 9.17) is 5.73 Å². The summed E-state index contributed by atoms with van der Waals surface area (Å²) in [6.07, 6.45) is 4.52. The van der Waals surface area contributed by atoms with E-state index >= 15 is 0 Å². The van der Waals surface area contributed by atoms with Gasteiger partial charge in [-0.2, -0.15) is 0 Å². The standard InChI is InChI=1S/C12H28N2O/c1-5-6-7-8-14(4)11(2)9-12(3,15)10-13/h11,15H,5-10,13H2,1-4H3. The van der Waals surface area contributed by atoms with Gasteiger partial charge in [-0.05, 0) is 40.3 Å². The minimum Gasteiger partial charge on any atom is -0.389 e. The summed E-state index contributed by atoms with van der Waals surface area (Å²) >= 11 is 0. The number of nitrogens with zero attached hydrogens (tertiary/aromatic N) is 1. The molecule has 0 rings (SSSR count). The zero-order valence-corrected chi connectivity index (χ0v) is 10.8. The highest BCUT2D eigenvalue weighted by molar-refractivity contribution is 4.79. The summed E-state index contributed by atoms with van der Waals surface area (Å²) < 4.78 is 0. The van der Waals surface area contributed by atoms with E-state index in [2.05, 4.69) is 25.8 Å². The van der Waals surface area contributed by atoms with E-state index in [-0.39, 0.29) is 0 Å². The first-order chi connectivity index (χ1) is 6.93. The van der Waals surface area contributed by atoms with Gasteiger partial charge in [0.1, 0.15) is 0 Å². The molecule has 0 aromatic heterocycles. The molecule has 0 aliphatic heterocycles. The van der Waals surface area contributed by atoms with Gasteiger partial charge in [-0.15, -0.1) is 0 Å². The number of hydrogen-bond donors (Lipinski definition) is 2. The van der Waals surface area contributed by atoms with Crippen LogP contribution in [0.1, 0.15) is 46.5 Å². The second kappa shape index (κ2) is 7.20. The fourth-order valence-electron chi connectivity index (χ4n) is 1.71. The van der Waals surface area contributed by atoms with Crippen LogP contribution in [0.4, 0.5) is 0 Å². The molecule has 0 aromatic carbocycles. The molecule has 15 heavy (non-hydrogen) atoms. The molecule has 0 aliphatic carbocycles. The van der Waals surface area contributed by atoms with Crippen LogP contribution < -0.4 is 5.73 Å². The number of aliphatic hydroxyl groups is 1. The van der Waals surface area contributed by atoms with Gasteiger partial charge < -0.3 is 15.7 Å². The second-order valence-corrected chi connectivity index (χ2v) is 4.94. The van der Waals surface area contributed by atoms with E-state index in [0.29, 0.717) is 12.6 Å². The fraction of sp³-hybridized carbons (Fsp3) is 1.00. The molecule has 2 unspecified atom stereocenters. The van der Waals surface area contributed by atoms with Gasteiger partial charge in [0.2, 0.25) is 0 Å². The Morgan fingerprint density at radius 1 is 1.40 bits per heavy atom. The smallest absolute Gasteiger partial charge is 0.0756 e. The summed E-state index contributed by atoms with van der Waals surface area (Å²) in [5.74, 6) is 0. The van der Waals surface area contributed by atoms with Gasteiger partial charge in [0.25, 0.3) is 0 Å². The minimum atomic E-state index is -0.724. The normalized spacial score (nSPS) is 17.8. The highest BCUT2D eigenvalue weighted by atomic mass is 16.3. The van der Waals surface area contributed by atoms with Crippen molar-refractivity contribution in [3.63, 3.8) is 0 Å². The van der Waals surface area contributed by atoms with E-state index in [9.17, 15) is 5.11 Å². The minimum absolute atomic E-state index is 0.333. The van der Waals surface area contributed by atoms with Crippen LogP contribution >= 0.6 is 0 Å². The lowest BCUT2D eigenvalue weighted by Crippen LogP contribution is -2.42. The van der Waals surface area contributed by atoms with Crippen LogP contribution in [-0.2, 0) is 0 Å². The van der Waals surface area contributed by atoms with E-state index in [1.807, 2.05) is 6.92 Å². The van der Waals surface area contributed by atoms with Crippen LogP contribution in [0.25, 0.3) is 0 Å². The lowest BCUT2D eigenvalue weighted by atomic mass is 9.97. The van der Waals surface area contributed by atoms with Crippen molar-refractivity contribution in [2.45, 2.75) is 58.1 Å². The van der Waals surface area contributed by atoms with Gasteiger partial charge >= 0.3 is 0 Å². The third kappa shape index (κ3) is 6.88. The maximum atomic E-state index is 9.86. The second-order valence-electron chi connectivity index (χ2n) is 4.94. The Morgan fingerprint density at radius 3 is 2.47 bits per heavy atom. The zero-order valence-electron chi connectivity index (χ0n) is 10.8. The van der Waals surface area contributed by atoms with Gasteiger partial charge in [0.05, 0.1) is 5.60 Å². The number of hydrogen-bond acceptors (Lipinski definition) is 3. The van der Waals surface area contributed by atoms with Crippen molar-refractivity contribution in [3.05, 3.63) is 0 Å². The summed E-state index contributed by atoms with van der Waals surface area (Å²) in [6.45, 7) is 7.61. The molecule has 3 heteroatoms. The Kier molecular flexibility index (Phi) is 7.14. The summed E-state index contributed by atoms with van der Waals surface area (Å²) in [6, 6.07) is 0.389. The van der Waals surface area contributed by atoms with Gasteiger partial charge in [-0.3, -0.25) is 0 Å². The van der Waals surface area contributed by atoms with Crippen LogP contribution in [0.3, 0.4) is 0 Å². The molecule has 2 atom stereocenters. The first-order valence-electron chi connectivity index (χ1n) is 6.05. The summed E-state index contributed by atoms with van der Waals surface area (Å²) in [4.78, 5) is 2.31. The molecule has 0 spiro atoms. The molecule has 0 aliphatic rings. The molecule has 92 valence electrons. The highest BCUT2D eigenvalue weighted by Gasteiger charge is 2.23. The molecule has 0 saturated heterocycles. The Labute approximate surface area is 94.6 Å². The molecule has 0 heterocycles. The SMILES string of the molecule is CCCCCN(C)C(C)CC(C)(O)CN. The third-order valence-electron chi connectivity index (χ3n) is 3.04. The Bertz CT molecular complexity index is 160. The molecule has 0 radical (unpaired) electrons. The fourth-order valence-corrected chi connectivity index (χ4v) is 1.71. The molecule has 3 N–H and O–H groups in total. The van der Waals surface area contributed by atoms with Crippen LogP contribution in [0, 0.1) is 0 Å². The quantitative estimate of drug-likeness (QED) is 0.606. The first-order valence-corrected chi connectivity index (χ1v) is 6.05. The summed E-state index contributed by atoms with van der Waals surface area (Å²) in [7, 11) is 2.12. The Hall–Kier alpha value is -0.120. The van der Waals surface area contributed by atoms with Crippen molar-refractivity contribution in [1.29, 1.82) is 0 Å². The van der Waals surface area contributed by atoms with Crippen molar-refractivity contribution in [2.75, 3.05) is 20.1 Å². The van der Waals surface area contributed by atoms with E-state index in [0.717, 1.165) is 13.0 Å². The zero-order chi connectivity index (χ0) is 11.9. The lowest BCUT2D eigenvalue weighted by molar-refractivity contribution is 0.0333. The summed E-state index contributed by atoms with van der Waals surface area (Å²) in [5, 5.41) is 9.86. The van der Waals surface area contributed by atoms with Crippen molar-refractivity contribution in [2.24, 2.45) is 5.73 Å². The Morgan fingerprint density at radius 2 is 2.00 bits per heavy atom. The first kappa shape index (κ1) is 14.9. The van der Waals surface area contributed by atoms with Crippen molar-refractivity contribution in [3.8, 4) is 0 Å². The predicted molar refractivity (Wildman–Crippen MR) is 65.9 cm³/mol. The molecule has 0 saturated carbocycles. The average molecular weight is 216 g/mol. The van der Waals surface area contributed by atoms with Crippen molar-refractivity contribution >= 4 is 0 Å². The maximum absolute atomic E-state index is 9.86. The number of rotatable bonds is 8. The van der Waals surface area contributed by atoms with E-state index < -0.39 is 5.60 Å². The molecule has 0 bridgehead atoms. The number of unbranched alkanes of at least 4 members (excludes halogenated alkanes) is 2. The van der Waals surface area contributed by atoms with Gasteiger partial charge in [-0.25, -0.2) is 0 Å². The highest BCUT2D eigenvalue weighted by Crippen LogP contribution is 2.14. The van der Waals surface area contributed by atoms with Crippen molar-refractivity contribution < 1.29 is 5.11 Å². The molecule has 3 nitrogen and oxygen atoms in total. The van der Waals surface area contributed by atoms with Crippen LogP contribution in [0.5, 0.6) is 0 Å². The van der Waals surface area contributed by atoms with Gasteiger partial charge in [-0.1, -0.05) is 19.8 Å². The van der Waals surface area contributed by atoms with Crippen LogP contribution in [0.2, 0.25) is 0 Å². The maximum Gasteiger partial charge on any atom is 0.0756 e. The number of nitrogens with two attached hydrogens (primary N) is 1. The van der Waals surface area contributed by atoms with Gasteiger partial charge in [0, 0.05) is 12.6 Å². The molecule has 0 fully saturated rings. The Balaban J connectivity index is 3.82. The average Bonchev–Trinajstić information content (AvgIpc) is 2.17. The third-order valence-corrected chi connectivity index (χ3v) is 3.04. The van der Waals surface area contributed by atoms with E-state index in [1.165, 1.54) is 19.3 Å². The van der Waals surface area contributed by atoms with Crippen molar-refractivity contribution in [1.82, 2.24) is 4.90 Å². The molecule has 0 aromatic rings. The molecular formula is C12H28N2O. The lowest BCUT2D eigenvalue weighted by Gasteiger charge is -2.31.